The molecule has 1 atom stereocenters. The van der Waals surface area contributed by atoms with Crippen LogP contribution in [0.5, 0.6) is 0 Å². The molecule has 0 fully saturated rings. The molecule has 4 heteroatoms. The lowest BCUT2D eigenvalue weighted by molar-refractivity contribution is 0.489. The number of halogens is 3. The molecule has 2 aromatic carbocycles. The van der Waals surface area contributed by atoms with Gasteiger partial charge in [-0.1, -0.05) is 24.3 Å². The molecule has 0 amide bonds. The fourth-order valence-corrected chi connectivity index (χ4v) is 2.11. The summed E-state index contributed by atoms with van der Waals surface area (Å²) < 4.78 is 28.4. The fraction of sp³-hybridized carbons (Fsp3) is 0.143. The summed E-state index contributed by atoms with van der Waals surface area (Å²) in [5.41, 5.74) is 7.20. The molecule has 1 nitrogen and oxygen atoms in total. The van der Waals surface area contributed by atoms with Gasteiger partial charge in [0.25, 0.3) is 0 Å². The van der Waals surface area contributed by atoms with E-state index in [-0.39, 0.29) is 11.1 Å². The molecule has 0 heterocycles. The van der Waals surface area contributed by atoms with Gasteiger partial charge in [-0.2, -0.15) is 0 Å². The number of hydrogen-bond acceptors (Lipinski definition) is 1. The monoisotopic (exact) mass is 359 g/mol. The zero-order valence-electron chi connectivity index (χ0n) is 9.75. The average molecular weight is 359 g/mol. The molecule has 18 heavy (non-hydrogen) atoms. The normalized spacial score (nSPS) is 12.5. The Morgan fingerprint density at radius 2 is 1.61 bits per heavy atom. The van der Waals surface area contributed by atoms with Gasteiger partial charge in [0.05, 0.1) is 6.04 Å². The summed E-state index contributed by atoms with van der Waals surface area (Å²) in [7, 11) is 0. The maximum atomic E-state index is 13.8. The van der Waals surface area contributed by atoms with Gasteiger partial charge in [0.1, 0.15) is 0 Å². The predicted molar refractivity (Wildman–Crippen MR) is 76.3 cm³/mol. The van der Waals surface area contributed by atoms with Crippen LogP contribution in [-0.2, 0) is 0 Å². The zero-order valence-corrected chi connectivity index (χ0v) is 11.9. The third-order valence-electron chi connectivity index (χ3n) is 2.87. The lowest BCUT2D eigenvalue weighted by Gasteiger charge is -2.14. The van der Waals surface area contributed by atoms with Crippen molar-refractivity contribution in [2.24, 2.45) is 5.73 Å². The van der Waals surface area contributed by atoms with E-state index < -0.39 is 17.7 Å². The molecular weight excluding hydrogens is 347 g/mol. The van der Waals surface area contributed by atoms with Gasteiger partial charge in [0.2, 0.25) is 0 Å². The molecule has 0 aromatic heterocycles. The molecule has 94 valence electrons. The van der Waals surface area contributed by atoms with E-state index in [4.69, 9.17) is 5.73 Å². The van der Waals surface area contributed by atoms with Crippen molar-refractivity contribution in [2.75, 3.05) is 0 Å². The van der Waals surface area contributed by atoms with Crippen molar-refractivity contribution in [1.29, 1.82) is 0 Å². The molecule has 2 rings (SSSR count). The highest BCUT2D eigenvalue weighted by molar-refractivity contribution is 14.1. The fourth-order valence-electron chi connectivity index (χ4n) is 1.75. The van der Waals surface area contributed by atoms with Gasteiger partial charge < -0.3 is 5.73 Å². The zero-order chi connectivity index (χ0) is 13.3. The van der Waals surface area contributed by atoms with E-state index in [1.165, 1.54) is 13.0 Å². The molecule has 0 radical (unpaired) electrons. The number of benzene rings is 2. The first kappa shape index (κ1) is 13.4. The Morgan fingerprint density at radius 1 is 1.00 bits per heavy atom. The van der Waals surface area contributed by atoms with E-state index in [2.05, 4.69) is 22.6 Å². The highest BCUT2D eigenvalue weighted by atomic mass is 127. The van der Waals surface area contributed by atoms with Crippen molar-refractivity contribution < 1.29 is 8.78 Å². The van der Waals surface area contributed by atoms with E-state index in [0.717, 1.165) is 9.13 Å². The Morgan fingerprint density at radius 3 is 2.22 bits per heavy atom. The first-order chi connectivity index (χ1) is 8.50. The van der Waals surface area contributed by atoms with E-state index in [9.17, 15) is 8.78 Å². The van der Waals surface area contributed by atoms with Crippen LogP contribution in [0.4, 0.5) is 8.78 Å². The molecule has 0 saturated carbocycles. The number of rotatable bonds is 2. The van der Waals surface area contributed by atoms with Gasteiger partial charge >= 0.3 is 0 Å². The second-order valence-corrected chi connectivity index (χ2v) is 5.37. The highest BCUT2D eigenvalue weighted by Crippen LogP contribution is 2.25. The minimum absolute atomic E-state index is 0.180. The van der Waals surface area contributed by atoms with Gasteiger partial charge in [-0.05, 0) is 52.8 Å². The van der Waals surface area contributed by atoms with Crippen LogP contribution in [0.3, 0.4) is 0 Å². The van der Waals surface area contributed by atoms with Crippen LogP contribution in [0, 0.1) is 22.1 Å². The summed E-state index contributed by atoms with van der Waals surface area (Å²) in [5, 5.41) is 0. The largest absolute Gasteiger partial charge is 0.320 e. The smallest absolute Gasteiger partial charge is 0.164 e. The highest BCUT2D eigenvalue weighted by Gasteiger charge is 2.17. The van der Waals surface area contributed by atoms with Crippen molar-refractivity contribution in [2.45, 2.75) is 13.0 Å². The van der Waals surface area contributed by atoms with Gasteiger partial charge in [-0.15, -0.1) is 0 Å². The van der Waals surface area contributed by atoms with E-state index >= 15 is 0 Å². The predicted octanol–water partition coefficient (Wildman–Crippen LogP) is 3.93. The molecule has 0 aliphatic carbocycles. The first-order valence-corrected chi connectivity index (χ1v) is 6.54. The Labute approximate surface area is 118 Å². The van der Waals surface area contributed by atoms with Crippen LogP contribution in [0.15, 0.2) is 36.4 Å². The van der Waals surface area contributed by atoms with Crippen molar-refractivity contribution in [3.05, 3.63) is 68.3 Å². The Balaban J connectivity index is 2.43. The first-order valence-electron chi connectivity index (χ1n) is 5.46. The Bertz CT molecular complexity index is 567. The topological polar surface area (TPSA) is 26.0 Å². The van der Waals surface area contributed by atoms with Crippen molar-refractivity contribution >= 4 is 22.6 Å². The summed E-state index contributed by atoms with van der Waals surface area (Å²) in [6.07, 6.45) is 0. The molecular formula is C14H12F2IN. The van der Waals surface area contributed by atoms with Crippen LogP contribution in [0.2, 0.25) is 0 Å². The minimum atomic E-state index is -0.860. The maximum absolute atomic E-state index is 13.8. The van der Waals surface area contributed by atoms with Crippen molar-refractivity contribution in [3.8, 4) is 0 Å². The van der Waals surface area contributed by atoms with E-state index in [1.54, 1.807) is 6.07 Å². The third-order valence-corrected chi connectivity index (χ3v) is 3.59. The Kier molecular flexibility index (Phi) is 3.97. The van der Waals surface area contributed by atoms with E-state index in [0.29, 0.717) is 0 Å². The minimum Gasteiger partial charge on any atom is -0.320 e. The van der Waals surface area contributed by atoms with Gasteiger partial charge in [-0.3, -0.25) is 0 Å². The van der Waals surface area contributed by atoms with Crippen LogP contribution in [0.1, 0.15) is 22.7 Å². The summed E-state index contributed by atoms with van der Waals surface area (Å²) >= 11 is 2.18. The number of hydrogen-bond donors (Lipinski definition) is 1. The standard InChI is InChI=1S/C14H12F2IN/c1-8-2-7-11(13(16)12(8)15)14(18)9-3-5-10(17)6-4-9/h2-7,14H,18H2,1H3. The van der Waals surface area contributed by atoms with Crippen molar-refractivity contribution in [1.82, 2.24) is 0 Å². The molecule has 2 aromatic rings. The van der Waals surface area contributed by atoms with Crippen molar-refractivity contribution in [3.63, 3.8) is 0 Å². The molecule has 1 unspecified atom stereocenters. The Hall–Kier alpha value is -1.01. The lowest BCUT2D eigenvalue weighted by Crippen LogP contribution is -2.14. The average Bonchev–Trinajstić information content (AvgIpc) is 2.36. The molecule has 0 spiro atoms. The van der Waals surface area contributed by atoms with Crippen LogP contribution < -0.4 is 5.73 Å². The molecule has 0 aliphatic heterocycles. The van der Waals surface area contributed by atoms with Crippen LogP contribution in [-0.4, -0.2) is 0 Å². The summed E-state index contributed by atoms with van der Waals surface area (Å²) in [6.45, 7) is 1.53. The second kappa shape index (κ2) is 5.32. The maximum Gasteiger partial charge on any atom is 0.164 e. The van der Waals surface area contributed by atoms with Crippen LogP contribution in [0.25, 0.3) is 0 Å². The summed E-state index contributed by atoms with van der Waals surface area (Å²) in [6, 6.07) is 9.84. The summed E-state index contributed by atoms with van der Waals surface area (Å²) in [4.78, 5) is 0. The quantitative estimate of drug-likeness (QED) is 0.808. The molecule has 0 saturated heterocycles. The van der Waals surface area contributed by atoms with Crippen LogP contribution >= 0.6 is 22.6 Å². The van der Waals surface area contributed by atoms with Gasteiger partial charge in [0.15, 0.2) is 11.6 Å². The molecule has 0 bridgehead atoms. The van der Waals surface area contributed by atoms with Gasteiger partial charge in [-0.25, -0.2) is 8.78 Å². The lowest BCUT2D eigenvalue weighted by atomic mass is 9.98. The van der Waals surface area contributed by atoms with E-state index in [1.807, 2.05) is 24.3 Å². The molecule has 0 aliphatic rings. The number of aryl methyl sites for hydroxylation is 1. The summed E-state index contributed by atoms with van der Waals surface area (Å²) in [5.74, 6) is -1.69. The van der Waals surface area contributed by atoms with Gasteiger partial charge in [0, 0.05) is 9.13 Å². The SMILES string of the molecule is Cc1ccc(C(N)c2ccc(I)cc2)c(F)c1F. The number of nitrogens with two attached hydrogens (primary N) is 1. The third kappa shape index (κ3) is 2.54. The second-order valence-electron chi connectivity index (χ2n) is 4.13. The molecule has 2 N–H and O–H groups in total.